The summed E-state index contributed by atoms with van der Waals surface area (Å²) in [4.78, 5) is 63.2. The molecule has 302 valence electrons. The van der Waals surface area contributed by atoms with Crippen molar-refractivity contribution >= 4 is 29.7 Å². The minimum atomic E-state index is -1.01. The Morgan fingerprint density at radius 3 is 2.13 bits per heavy atom. The van der Waals surface area contributed by atoms with Gasteiger partial charge in [0, 0.05) is 83.1 Å². The van der Waals surface area contributed by atoms with Gasteiger partial charge in [-0.1, -0.05) is 51.6 Å². The van der Waals surface area contributed by atoms with Crippen molar-refractivity contribution in [1.82, 2.24) is 24.5 Å². The fourth-order valence-electron chi connectivity index (χ4n) is 8.28. The summed E-state index contributed by atoms with van der Waals surface area (Å²) in [6.45, 7) is 14.4. The Morgan fingerprint density at radius 2 is 1.47 bits per heavy atom. The van der Waals surface area contributed by atoms with Crippen LogP contribution in [0.1, 0.15) is 69.2 Å². The Morgan fingerprint density at radius 1 is 0.855 bits per heavy atom. The number of piperidine rings is 2. The number of phenolic OH excluding ortho intramolecular Hbond substituents is 1. The first-order chi connectivity index (χ1) is 25.9. The maximum atomic E-state index is 14.2. The van der Waals surface area contributed by atoms with Crippen LogP contribution in [0.4, 0.5) is 15.3 Å². The van der Waals surface area contributed by atoms with Crippen LogP contribution in [0.15, 0.2) is 36.4 Å². The molecule has 55 heavy (non-hydrogen) atoms. The predicted octanol–water partition coefficient (Wildman–Crippen LogP) is 5.06. The molecule has 4 heterocycles. The molecule has 4 amide bonds. The van der Waals surface area contributed by atoms with Crippen LogP contribution in [0, 0.1) is 19.8 Å². The number of anilines is 1. The molecule has 1 atom stereocenters. The first kappa shape index (κ1) is 41.8. The molecule has 6 rings (SSSR count). The lowest BCUT2D eigenvalue weighted by Crippen LogP contribution is -2.55. The van der Waals surface area contributed by atoms with E-state index in [9.17, 15) is 24.3 Å². The van der Waals surface area contributed by atoms with Crippen molar-refractivity contribution in [2.24, 2.45) is 5.92 Å². The molecule has 3 saturated heterocycles. The molecule has 13 nitrogen and oxygen atoms in total. The van der Waals surface area contributed by atoms with Crippen molar-refractivity contribution in [3.8, 4) is 5.75 Å². The van der Waals surface area contributed by atoms with E-state index in [1.165, 1.54) is 0 Å². The maximum absolute atomic E-state index is 14.2. The summed E-state index contributed by atoms with van der Waals surface area (Å²) in [5.41, 5.74) is 4.20. The Labute approximate surface area is 326 Å². The Balaban J connectivity index is 0.00000580. The minimum Gasteiger partial charge on any atom is -0.507 e. The first-order valence-electron chi connectivity index (χ1n) is 19.8. The van der Waals surface area contributed by atoms with Crippen LogP contribution in [0.3, 0.4) is 0 Å². The van der Waals surface area contributed by atoms with Crippen LogP contribution in [0.5, 0.6) is 5.75 Å². The fourth-order valence-corrected chi connectivity index (χ4v) is 8.28. The Bertz CT molecular complexity index is 1620. The number of carbonyl (C=O) groups excluding carboxylic acids is 4. The first-order valence-corrected chi connectivity index (χ1v) is 19.8. The zero-order valence-electron chi connectivity index (χ0n) is 32.4. The highest BCUT2D eigenvalue weighted by molar-refractivity contribution is 5.91. The second kappa shape index (κ2) is 19.0. The van der Waals surface area contributed by atoms with Crippen LogP contribution < -0.4 is 5.32 Å². The van der Waals surface area contributed by atoms with Gasteiger partial charge in [-0.3, -0.25) is 19.4 Å². The highest BCUT2D eigenvalue weighted by Crippen LogP contribution is 2.28. The lowest BCUT2D eigenvalue weighted by Gasteiger charge is -2.43. The number of aromatic hydroxyl groups is 1. The number of esters is 1. The smallest absolute Gasteiger partial charge is 0.410 e. The van der Waals surface area contributed by atoms with Gasteiger partial charge in [0.15, 0.2) is 6.10 Å². The van der Waals surface area contributed by atoms with Crippen LogP contribution >= 0.6 is 0 Å². The standard InChI is InChI=1S/C41H58N6O7.CH4/c1-28(2)27-53-37(48)26-43-19-21-44(22-20-43)33-10-14-45(15-11-33)39(50)36(25-31-23-29(3)38(49)30(4)24-31)54-41(52)46-16-12-34(13-17-46)47-18-9-32-7-5-6-8-35(32)42-40(47)51;/h5-8,23-24,28,33-34,36,49H,9-22,25-27H2,1-4H3,(H,42,51);1H4/t36-;/m1./s1. The van der Waals surface area contributed by atoms with Gasteiger partial charge in [0.25, 0.3) is 5.91 Å². The molecule has 0 aliphatic carbocycles. The number of nitrogens with zero attached hydrogens (tertiary/aromatic N) is 5. The molecule has 4 aliphatic rings. The highest BCUT2D eigenvalue weighted by Gasteiger charge is 2.37. The number of benzene rings is 2. The van der Waals surface area contributed by atoms with Crippen LogP contribution in [0.25, 0.3) is 0 Å². The molecular formula is C42H62N6O7. The quantitative estimate of drug-likeness (QED) is 0.319. The summed E-state index contributed by atoms with van der Waals surface area (Å²) in [7, 11) is 0. The van der Waals surface area contributed by atoms with Crippen molar-refractivity contribution < 1.29 is 33.8 Å². The number of para-hydroxylation sites is 1. The number of hydrogen-bond donors (Lipinski definition) is 2. The number of ether oxygens (including phenoxy) is 2. The highest BCUT2D eigenvalue weighted by atomic mass is 16.6. The largest absolute Gasteiger partial charge is 0.507 e. The van der Waals surface area contributed by atoms with E-state index in [0.717, 1.165) is 62.3 Å². The van der Waals surface area contributed by atoms with E-state index in [-0.39, 0.29) is 43.5 Å². The Hall–Kier alpha value is -4.36. The van der Waals surface area contributed by atoms with Gasteiger partial charge in [-0.15, -0.1) is 0 Å². The van der Waals surface area contributed by atoms with Crippen LogP contribution in [-0.2, 0) is 31.9 Å². The molecular weight excluding hydrogens is 700 g/mol. The molecule has 2 aromatic rings. The second-order valence-corrected chi connectivity index (χ2v) is 15.8. The molecule has 0 radical (unpaired) electrons. The molecule has 4 aliphatic heterocycles. The normalized spacial score (nSPS) is 19.6. The Kier molecular flexibility index (Phi) is 14.4. The third kappa shape index (κ3) is 10.7. The summed E-state index contributed by atoms with van der Waals surface area (Å²) in [6, 6.07) is 11.8. The molecule has 0 aromatic heterocycles. The maximum Gasteiger partial charge on any atom is 0.410 e. The monoisotopic (exact) mass is 762 g/mol. The van der Waals surface area contributed by atoms with Gasteiger partial charge in [0.05, 0.1) is 13.2 Å². The zero-order chi connectivity index (χ0) is 38.4. The molecule has 3 fully saturated rings. The summed E-state index contributed by atoms with van der Waals surface area (Å²) >= 11 is 0. The number of aryl methyl sites for hydroxylation is 2. The van der Waals surface area contributed by atoms with Crippen LogP contribution in [-0.4, -0.2) is 144 Å². The van der Waals surface area contributed by atoms with Crippen molar-refractivity contribution in [2.45, 2.75) is 91.8 Å². The van der Waals surface area contributed by atoms with Crippen molar-refractivity contribution in [1.29, 1.82) is 0 Å². The van der Waals surface area contributed by atoms with Gasteiger partial charge in [-0.25, -0.2) is 9.59 Å². The second-order valence-electron chi connectivity index (χ2n) is 15.8. The third-order valence-corrected chi connectivity index (χ3v) is 11.4. The molecule has 0 saturated carbocycles. The predicted molar refractivity (Wildman–Crippen MR) is 212 cm³/mol. The number of carbonyl (C=O) groups is 4. The number of nitrogens with one attached hydrogen (secondary N) is 1. The van der Waals surface area contributed by atoms with E-state index in [1.54, 1.807) is 4.90 Å². The zero-order valence-corrected chi connectivity index (χ0v) is 32.4. The van der Waals surface area contributed by atoms with Gasteiger partial charge >= 0.3 is 18.1 Å². The number of urea groups is 1. The number of likely N-dealkylation sites (tertiary alicyclic amines) is 2. The van der Waals surface area contributed by atoms with E-state index in [0.29, 0.717) is 81.8 Å². The molecule has 13 heteroatoms. The number of hydrogen-bond acceptors (Lipinski definition) is 9. The number of rotatable bonds is 10. The topological polar surface area (TPSA) is 135 Å². The molecule has 0 unspecified atom stereocenters. The summed E-state index contributed by atoms with van der Waals surface area (Å²) < 4.78 is 11.5. The SMILES string of the molecule is C.Cc1cc(C[C@@H](OC(=O)N2CCC(N3CCc4ccccc4NC3=O)CC2)C(=O)N2CCC(N3CCN(CC(=O)OCC(C)C)CC3)CC2)cc(C)c1O. The van der Waals surface area contributed by atoms with Crippen molar-refractivity contribution in [3.05, 3.63) is 58.7 Å². The van der Waals surface area contributed by atoms with Crippen molar-refractivity contribution in [3.63, 3.8) is 0 Å². The fraction of sp³-hybridized carbons (Fsp3) is 0.619. The van der Waals surface area contributed by atoms with Gasteiger partial charge in [0.2, 0.25) is 0 Å². The average Bonchev–Trinajstić information content (AvgIpc) is 3.34. The lowest BCUT2D eigenvalue weighted by molar-refractivity contribution is -0.146. The number of amides is 4. The molecule has 0 bridgehead atoms. The van der Waals surface area contributed by atoms with E-state index in [4.69, 9.17) is 9.47 Å². The number of piperazine rings is 1. The number of phenols is 1. The van der Waals surface area contributed by atoms with E-state index in [2.05, 4.69) is 15.1 Å². The van der Waals surface area contributed by atoms with Gasteiger partial charge in [-0.05, 0) is 80.2 Å². The number of fused-ring (bicyclic) bond motifs is 1. The minimum absolute atomic E-state index is 0. The summed E-state index contributed by atoms with van der Waals surface area (Å²) in [5, 5.41) is 13.4. The van der Waals surface area contributed by atoms with E-state index in [1.807, 2.05) is 73.9 Å². The van der Waals surface area contributed by atoms with E-state index < -0.39 is 12.2 Å². The van der Waals surface area contributed by atoms with Gasteiger partial charge in [-0.2, -0.15) is 0 Å². The van der Waals surface area contributed by atoms with Crippen LogP contribution in [0.2, 0.25) is 0 Å². The average molecular weight is 763 g/mol. The molecule has 2 N–H and O–H groups in total. The van der Waals surface area contributed by atoms with E-state index >= 15 is 0 Å². The lowest BCUT2D eigenvalue weighted by atomic mass is 9.98. The van der Waals surface area contributed by atoms with Gasteiger partial charge < -0.3 is 34.6 Å². The third-order valence-electron chi connectivity index (χ3n) is 11.4. The molecule has 2 aromatic carbocycles. The molecule has 0 spiro atoms. The van der Waals surface area contributed by atoms with Gasteiger partial charge in [0.1, 0.15) is 5.75 Å². The summed E-state index contributed by atoms with van der Waals surface area (Å²) in [6.07, 6.45) is 2.33. The summed E-state index contributed by atoms with van der Waals surface area (Å²) in [5.74, 6) is 0.161. The van der Waals surface area contributed by atoms with Crippen molar-refractivity contribution in [2.75, 3.05) is 77.4 Å².